The van der Waals surface area contributed by atoms with Crippen LogP contribution in [0.15, 0.2) is 108 Å². The lowest BCUT2D eigenvalue weighted by molar-refractivity contribution is -0.125. The number of furan rings is 1. The average molecular weight is 586 g/mol. The number of rotatable bonds is 11. The Hall–Kier alpha value is -4.82. The van der Waals surface area contributed by atoms with Crippen LogP contribution in [-0.4, -0.2) is 24.8 Å². The van der Waals surface area contributed by atoms with Crippen molar-refractivity contribution in [2.45, 2.75) is 32.4 Å². The fourth-order valence-electron chi connectivity index (χ4n) is 4.26. The number of carbonyl (C=O) groups excluding carboxylic acids is 3. The van der Waals surface area contributed by atoms with E-state index in [1.807, 2.05) is 12.1 Å². The number of anilines is 2. The third kappa shape index (κ3) is 7.89. The molecule has 0 spiro atoms. The first-order valence-corrected chi connectivity index (χ1v) is 13.7. The van der Waals surface area contributed by atoms with Gasteiger partial charge in [0, 0.05) is 28.5 Å². The third-order valence-corrected chi connectivity index (χ3v) is 6.77. The molecule has 0 unspecified atom stereocenters. The fraction of sp³-hybridized carbons (Fsp3) is 0.182. The predicted octanol–water partition coefficient (Wildman–Crippen LogP) is 6.65. The minimum absolute atomic E-state index is 0.129. The molecule has 0 aliphatic heterocycles. The van der Waals surface area contributed by atoms with Crippen LogP contribution in [-0.2, 0) is 20.9 Å². The van der Waals surface area contributed by atoms with Gasteiger partial charge < -0.3 is 19.8 Å². The molecule has 0 aliphatic carbocycles. The predicted molar refractivity (Wildman–Crippen MR) is 164 cm³/mol. The maximum absolute atomic E-state index is 13.8. The SMILES string of the molecule is COc1ccc(NC(=O)/C=C\C(=O)N(c2ccc(C(C)C)cc2)[C@H](C(=O)NCc2ccco2)c2ccc(Cl)cc2)cc1. The van der Waals surface area contributed by atoms with Crippen LogP contribution in [0.3, 0.4) is 0 Å². The van der Waals surface area contributed by atoms with Crippen molar-refractivity contribution in [1.82, 2.24) is 5.32 Å². The van der Waals surface area contributed by atoms with Gasteiger partial charge in [0.1, 0.15) is 17.6 Å². The number of ether oxygens (including phenoxy) is 1. The zero-order chi connectivity index (χ0) is 30.1. The van der Waals surface area contributed by atoms with Crippen LogP contribution in [0, 0.1) is 0 Å². The van der Waals surface area contributed by atoms with Gasteiger partial charge in [0.2, 0.25) is 11.8 Å². The second-order valence-corrected chi connectivity index (χ2v) is 10.2. The van der Waals surface area contributed by atoms with Gasteiger partial charge in [-0.2, -0.15) is 0 Å². The third-order valence-electron chi connectivity index (χ3n) is 6.52. The normalized spacial score (nSPS) is 11.7. The maximum atomic E-state index is 13.8. The van der Waals surface area contributed by atoms with Crippen molar-refractivity contribution >= 4 is 40.7 Å². The molecule has 42 heavy (non-hydrogen) atoms. The van der Waals surface area contributed by atoms with Gasteiger partial charge in [0.25, 0.3) is 5.91 Å². The minimum Gasteiger partial charge on any atom is -0.497 e. The number of hydrogen-bond acceptors (Lipinski definition) is 5. The highest BCUT2D eigenvalue weighted by atomic mass is 35.5. The lowest BCUT2D eigenvalue weighted by Crippen LogP contribution is -2.43. The summed E-state index contributed by atoms with van der Waals surface area (Å²) in [6.07, 6.45) is 3.81. The summed E-state index contributed by atoms with van der Waals surface area (Å²) >= 11 is 6.14. The van der Waals surface area contributed by atoms with Gasteiger partial charge in [0.15, 0.2) is 0 Å². The van der Waals surface area contributed by atoms with Crippen molar-refractivity contribution < 1.29 is 23.5 Å². The first-order valence-electron chi connectivity index (χ1n) is 13.4. The molecule has 4 aromatic rings. The molecule has 1 heterocycles. The highest BCUT2D eigenvalue weighted by Gasteiger charge is 2.32. The Morgan fingerprint density at radius 2 is 1.57 bits per heavy atom. The maximum Gasteiger partial charge on any atom is 0.252 e. The standard InChI is InChI=1S/C33H32ClN3O5/c1-22(2)23-8-14-27(15-9-23)37(31(39)19-18-30(38)36-26-12-16-28(41-3)17-13-26)32(24-6-10-25(34)11-7-24)33(40)35-21-29-5-4-20-42-29/h4-20,22,32H,21H2,1-3H3,(H,35,40)(H,36,38)/b19-18-/t32-/m0/s1. The van der Waals surface area contributed by atoms with E-state index in [9.17, 15) is 14.4 Å². The number of benzene rings is 3. The summed E-state index contributed by atoms with van der Waals surface area (Å²) in [6.45, 7) is 4.27. The molecule has 0 saturated heterocycles. The summed E-state index contributed by atoms with van der Waals surface area (Å²) in [4.78, 5) is 41.7. The van der Waals surface area contributed by atoms with Gasteiger partial charge in [-0.1, -0.05) is 49.7 Å². The topological polar surface area (TPSA) is 101 Å². The Bertz CT molecular complexity index is 1510. The molecule has 8 nitrogen and oxygen atoms in total. The van der Waals surface area contributed by atoms with E-state index in [1.165, 1.54) is 11.2 Å². The highest BCUT2D eigenvalue weighted by Crippen LogP contribution is 2.31. The van der Waals surface area contributed by atoms with Gasteiger partial charge in [-0.25, -0.2) is 0 Å². The van der Waals surface area contributed by atoms with Crippen LogP contribution in [0.2, 0.25) is 5.02 Å². The summed E-state index contributed by atoms with van der Waals surface area (Å²) in [7, 11) is 1.55. The number of halogens is 1. The first-order chi connectivity index (χ1) is 20.2. The second-order valence-electron chi connectivity index (χ2n) is 9.76. The van der Waals surface area contributed by atoms with E-state index in [2.05, 4.69) is 24.5 Å². The molecule has 0 fully saturated rings. The molecule has 3 aromatic carbocycles. The average Bonchev–Trinajstić information content (AvgIpc) is 3.52. The summed E-state index contributed by atoms with van der Waals surface area (Å²) in [5.74, 6) is -0.0254. The number of amides is 3. The number of methoxy groups -OCH3 is 1. The molecule has 9 heteroatoms. The molecular formula is C33H32ClN3O5. The molecule has 0 bridgehead atoms. The Labute approximate surface area is 249 Å². The Morgan fingerprint density at radius 3 is 2.17 bits per heavy atom. The lowest BCUT2D eigenvalue weighted by Gasteiger charge is -2.31. The smallest absolute Gasteiger partial charge is 0.252 e. The van der Waals surface area contributed by atoms with Crippen LogP contribution in [0.5, 0.6) is 5.75 Å². The molecular weight excluding hydrogens is 554 g/mol. The molecule has 0 aliphatic rings. The van der Waals surface area contributed by atoms with Crippen LogP contribution >= 0.6 is 11.6 Å². The summed E-state index contributed by atoms with van der Waals surface area (Å²) in [5, 5.41) is 6.07. The Kier molecular flexibility index (Phi) is 10.2. The minimum atomic E-state index is -1.08. The molecule has 0 radical (unpaired) electrons. The largest absolute Gasteiger partial charge is 0.497 e. The molecule has 216 valence electrons. The Balaban J connectivity index is 1.67. The monoisotopic (exact) mass is 585 g/mol. The highest BCUT2D eigenvalue weighted by molar-refractivity contribution is 6.30. The fourth-order valence-corrected chi connectivity index (χ4v) is 4.38. The van der Waals surface area contributed by atoms with Crippen LogP contribution in [0.1, 0.15) is 42.7 Å². The van der Waals surface area contributed by atoms with Gasteiger partial charge in [-0.3, -0.25) is 19.3 Å². The zero-order valence-electron chi connectivity index (χ0n) is 23.5. The van der Waals surface area contributed by atoms with Crippen LogP contribution < -0.4 is 20.3 Å². The van der Waals surface area contributed by atoms with Gasteiger partial charge in [-0.05, 0) is 77.7 Å². The summed E-state index contributed by atoms with van der Waals surface area (Å²) in [5.41, 5.74) is 2.63. The van der Waals surface area contributed by atoms with E-state index >= 15 is 0 Å². The van der Waals surface area contributed by atoms with Crippen molar-refractivity contribution in [3.05, 3.63) is 125 Å². The summed E-state index contributed by atoms with van der Waals surface area (Å²) < 4.78 is 10.5. The molecule has 1 aromatic heterocycles. The van der Waals surface area contributed by atoms with E-state index in [4.69, 9.17) is 20.8 Å². The molecule has 1 atom stereocenters. The first kappa shape index (κ1) is 30.1. The van der Waals surface area contributed by atoms with Crippen molar-refractivity contribution in [1.29, 1.82) is 0 Å². The van der Waals surface area contributed by atoms with E-state index < -0.39 is 23.8 Å². The molecule has 2 N–H and O–H groups in total. The van der Waals surface area contributed by atoms with E-state index in [0.29, 0.717) is 33.5 Å². The molecule has 3 amide bonds. The van der Waals surface area contributed by atoms with Crippen molar-refractivity contribution in [2.24, 2.45) is 0 Å². The van der Waals surface area contributed by atoms with Crippen molar-refractivity contribution in [3.63, 3.8) is 0 Å². The number of nitrogens with one attached hydrogen (secondary N) is 2. The van der Waals surface area contributed by atoms with E-state index in [-0.39, 0.29) is 12.5 Å². The second kappa shape index (κ2) is 14.2. The van der Waals surface area contributed by atoms with E-state index in [1.54, 1.807) is 79.9 Å². The molecule has 0 saturated carbocycles. The van der Waals surface area contributed by atoms with Crippen LogP contribution in [0.25, 0.3) is 0 Å². The Morgan fingerprint density at radius 1 is 0.905 bits per heavy atom. The number of carbonyl (C=O) groups is 3. The number of nitrogens with zero attached hydrogens (tertiary/aromatic N) is 1. The van der Waals surface area contributed by atoms with Crippen molar-refractivity contribution in [3.8, 4) is 5.75 Å². The van der Waals surface area contributed by atoms with Gasteiger partial charge in [-0.15, -0.1) is 0 Å². The number of hydrogen-bond donors (Lipinski definition) is 2. The zero-order valence-corrected chi connectivity index (χ0v) is 24.3. The van der Waals surface area contributed by atoms with Gasteiger partial charge in [0.05, 0.1) is 19.9 Å². The molecule has 4 rings (SSSR count). The van der Waals surface area contributed by atoms with Crippen molar-refractivity contribution in [2.75, 3.05) is 17.3 Å². The quantitative estimate of drug-likeness (QED) is 0.192. The van der Waals surface area contributed by atoms with E-state index in [0.717, 1.165) is 17.7 Å². The lowest BCUT2D eigenvalue weighted by atomic mass is 10.0. The summed E-state index contributed by atoms with van der Waals surface area (Å²) in [6, 6.07) is 23.3. The van der Waals surface area contributed by atoms with Gasteiger partial charge >= 0.3 is 0 Å². The van der Waals surface area contributed by atoms with Crippen LogP contribution in [0.4, 0.5) is 11.4 Å².